The van der Waals surface area contributed by atoms with Gasteiger partial charge in [-0.05, 0) is 12.6 Å². The number of benzene rings is 1. The van der Waals surface area contributed by atoms with Crippen molar-refractivity contribution in [3.63, 3.8) is 0 Å². The van der Waals surface area contributed by atoms with Crippen LogP contribution in [-0.4, -0.2) is 48.9 Å². The molecule has 2 heterocycles. The summed E-state index contributed by atoms with van der Waals surface area (Å²) in [4.78, 5) is 11.5. The first-order chi connectivity index (χ1) is 9.88. The Morgan fingerprint density at radius 2 is 2.30 bits per heavy atom. The Bertz CT molecular complexity index is 575. The molecule has 1 fully saturated rings. The van der Waals surface area contributed by atoms with Gasteiger partial charge in [0.25, 0.3) is 0 Å². The van der Waals surface area contributed by atoms with Gasteiger partial charge in [0.15, 0.2) is 0 Å². The van der Waals surface area contributed by atoms with Crippen molar-refractivity contribution in [2.45, 2.75) is 13.0 Å². The Kier molecular flexibility index (Phi) is 4.08. The maximum atomic E-state index is 5.58. The topological polar surface area (TPSA) is 50.3 Å². The molecule has 1 aliphatic rings. The third-order valence-electron chi connectivity index (χ3n) is 3.59. The van der Waals surface area contributed by atoms with Crippen LogP contribution in [0.3, 0.4) is 0 Å². The van der Waals surface area contributed by atoms with Crippen molar-refractivity contribution in [2.75, 3.05) is 37.7 Å². The zero-order valence-electron chi connectivity index (χ0n) is 11.7. The maximum absolute atomic E-state index is 5.58. The third-order valence-corrected chi connectivity index (χ3v) is 3.59. The lowest BCUT2D eigenvalue weighted by molar-refractivity contribution is 0.0931. The van der Waals surface area contributed by atoms with Crippen LogP contribution in [0.25, 0.3) is 10.9 Å². The molecule has 0 amide bonds. The number of nitrogens with one attached hydrogen (secondary N) is 1. The lowest BCUT2D eigenvalue weighted by Crippen LogP contribution is -2.51. The van der Waals surface area contributed by atoms with E-state index in [0.29, 0.717) is 6.04 Å². The smallest absolute Gasteiger partial charge is 0.226 e. The highest BCUT2D eigenvalue weighted by molar-refractivity contribution is 5.78. The van der Waals surface area contributed by atoms with Gasteiger partial charge >= 0.3 is 0 Å². The van der Waals surface area contributed by atoms with E-state index in [9.17, 15) is 0 Å². The molecule has 1 N–H and O–H groups in total. The summed E-state index contributed by atoms with van der Waals surface area (Å²) in [7, 11) is 0. The van der Waals surface area contributed by atoms with Crippen LogP contribution in [0.2, 0.25) is 0 Å². The van der Waals surface area contributed by atoms with Gasteiger partial charge in [-0.3, -0.25) is 0 Å². The van der Waals surface area contributed by atoms with Gasteiger partial charge in [0.05, 0.1) is 24.8 Å². The molecule has 20 heavy (non-hydrogen) atoms. The summed E-state index contributed by atoms with van der Waals surface area (Å²) in [5, 5.41) is 4.45. The van der Waals surface area contributed by atoms with Crippen molar-refractivity contribution >= 4 is 16.9 Å². The zero-order valence-corrected chi connectivity index (χ0v) is 11.7. The molecule has 0 aliphatic carbocycles. The Morgan fingerprint density at radius 3 is 3.20 bits per heavy atom. The molecule has 0 saturated carbocycles. The molecule has 1 saturated heterocycles. The van der Waals surface area contributed by atoms with Gasteiger partial charge < -0.3 is 15.0 Å². The average molecular weight is 272 g/mol. The quantitative estimate of drug-likeness (QED) is 0.913. The molecule has 1 aromatic carbocycles. The molecule has 5 heteroatoms. The highest BCUT2D eigenvalue weighted by Gasteiger charge is 2.24. The number of likely N-dealkylation sites (N-methyl/N-ethyl adjacent to an activating group) is 1. The molecule has 1 aromatic heterocycles. The van der Waals surface area contributed by atoms with Crippen molar-refractivity contribution in [1.82, 2.24) is 15.3 Å². The van der Waals surface area contributed by atoms with Crippen LogP contribution >= 0.6 is 0 Å². The van der Waals surface area contributed by atoms with Crippen LogP contribution in [0.5, 0.6) is 0 Å². The Hall–Kier alpha value is -1.72. The fourth-order valence-corrected chi connectivity index (χ4v) is 2.50. The van der Waals surface area contributed by atoms with Gasteiger partial charge in [-0.15, -0.1) is 0 Å². The van der Waals surface area contributed by atoms with Crippen LogP contribution < -0.4 is 10.2 Å². The summed E-state index contributed by atoms with van der Waals surface area (Å²) < 4.78 is 5.58. The Labute approximate surface area is 119 Å². The van der Waals surface area contributed by atoms with E-state index >= 15 is 0 Å². The summed E-state index contributed by atoms with van der Waals surface area (Å²) in [6.07, 6.45) is 1.90. The van der Waals surface area contributed by atoms with Crippen molar-refractivity contribution < 1.29 is 4.74 Å². The molecule has 1 atom stereocenters. The minimum Gasteiger partial charge on any atom is -0.377 e. The Balaban J connectivity index is 1.86. The molecular weight excluding hydrogens is 252 g/mol. The van der Waals surface area contributed by atoms with E-state index in [1.807, 2.05) is 30.5 Å². The first-order valence-corrected chi connectivity index (χ1v) is 7.15. The number of hydrogen-bond acceptors (Lipinski definition) is 5. The van der Waals surface area contributed by atoms with Crippen molar-refractivity contribution in [3.8, 4) is 0 Å². The number of anilines is 1. The second kappa shape index (κ2) is 6.15. The number of rotatable bonds is 4. The number of morpholine rings is 1. The number of nitrogens with zero attached hydrogens (tertiary/aromatic N) is 3. The predicted molar refractivity (Wildman–Crippen MR) is 80.0 cm³/mol. The van der Waals surface area contributed by atoms with E-state index in [4.69, 9.17) is 4.74 Å². The normalized spacial score (nSPS) is 19.4. The van der Waals surface area contributed by atoms with Crippen LogP contribution in [0, 0.1) is 0 Å². The minimum atomic E-state index is 0.296. The summed E-state index contributed by atoms with van der Waals surface area (Å²) in [6, 6.07) is 8.38. The summed E-state index contributed by atoms with van der Waals surface area (Å²) >= 11 is 0. The standard InChI is InChI=1S/C15H20N4O/c1-2-16-10-13-11-20-8-7-19(13)15-17-9-12-5-3-4-6-14(12)18-15/h3-6,9,13,16H,2,7-8,10-11H2,1H3. The fraction of sp³-hybridized carbons (Fsp3) is 0.467. The predicted octanol–water partition coefficient (Wildman–Crippen LogP) is 1.44. The molecule has 0 spiro atoms. The van der Waals surface area contributed by atoms with Crippen LogP contribution in [0.15, 0.2) is 30.5 Å². The SMILES string of the molecule is CCNCC1COCCN1c1ncc2ccccc2n1. The van der Waals surface area contributed by atoms with Gasteiger partial charge in [-0.2, -0.15) is 0 Å². The van der Waals surface area contributed by atoms with E-state index in [1.165, 1.54) is 0 Å². The van der Waals surface area contributed by atoms with Gasteiger partial charge in [-0.1, -0.05) is 25.1 Å². The highest BCUT2D eigenvalue weighted by atomic mass is 16.5. The monoisotopic (exact) mass is 272 g/mol. The van der Waals surface area contributed by atoms with Crippen molar-refractivity contribution in [1.29, 1.82) is 0 Å². The molecule has 1 aliphatic heterocycles. The highest BCUT2D eigenvalue weighted by Crippen LogP contribution is 2.18. The van der Waals surface area contributed by atoms with Crippen LogP contribution in [-0.2, 0) is 4.74 Å². The first kappa shape index (κ1) is 13.3. The van der Waals surface area contributed by atoms with Gasteiger partial charge in [0, 0.05) is 24.7 Å². The molecule has 5 nitrogen and oxygen atoms in total. The second-order valence-electron chi connectivity index (χ2n) is 4.96. The van der Waals surface area contributed by atoms with E-state index in [1.54, 1.807) is 0 Å². The summed E-state index contributed by atoms with van der Waals surface area (Å²) in [6.45, 7) is 6.27. The number of aromatic nitrogens is 2. The molecule has 0 bridgehead atoms. The molecular formula is C15H20N4O. The molecule has 2 aromatic rings. The van der Waals surface area contributed by atoms with Crippen LogP contribution in [0.4, 0.5) is 5.95 Å². The average Bonchev–Trinajstić information content (AvgIpc) is 2.53. The van der Waals surface area contributed by atoms with E-state index in [2.05, 4.69) is 27.1 Å². The lowest BCUT2D eigenvalue weighted by atomic mass is 10.2. The number of fused-ring (bicyclic) bond motifs is 1. The summed E-state index contributed by atoms with van der Waals surface area (Å²) in [5.41, 5.74) is 0.992. The van der Waals surface area contributed by atoms with Gasteiger partial charge in [0.2, 0.25) is 5.95 Å². The largest absolute Gasteiger partial charge is 0.377 e. The fourth-order valence-electron chi connectivity index (χ4n) is 2.50. The second-order valence-corrected chi connectivity index (χ2v) is 4.96. The van der Waals surface area contributed by atoms with E-state index in [-0.39, 0.29) is 0 Å². The van der Waals surface area contributed by atoms with E-state index in [0.717, 1.165) is 49.7 Å². The summed E-state index contributed by atoms with van der Waals surface area (Å²) in [5.74, 6) is 0.801. The number of para-hydroxylation sites is 1. The van der Waals surface area contributed by atoms with Crippen molar-refractivity contribution in [2.24, 2.45) is 0 Å². The van der Waals surface area contributed by atoms with Crippen LogP contribution in [0.1, 0.15) is 6.92 Å². The zero-order chi connectivity index (χ0) is 13.8. The molecule has 1 unspecified atom stereocenters. The maximum Gasteiger partial charge on any atom is 0.226 e. The lowest BCUT2D eigenvalue weighted by Gasteiger charge is -2.35. The Morgan fingerprint density at radius 1 is 1.40 bits per heavy atom. The van der Waals surface area contributed by atoms with E-state index < -0.39 is 0 Å². The molecule has 0 radical (unpaired) electrons. The van der Waals surface area contributed by atoms with Gasteiger partial charge in [-0.25, -0.2) is 9.97 Å². The minimum absolute atomic E-state index is 0.296. The van der Waals surface area contributed by atoms with Gasteiger partial charge in [0.1, 0.15) is 0 Å². The number of hydrogen-bond donors (Lipinski definition) is 1. The van der Waals surface area contributed by atoms with Crippen molar-refractivity contribution in [3.05, 3.63) is 30.5 Å². The third kappa shape index (κ3) is 2.73. The number of ether oxygens (including phenoxy) is 1. The molecule has 3 rings (SSSR count). The first-order valence-electron chi connectivity index (χ1n) is 7.15. The molecule has 106 valence electrons.